The fourth-order valence-corrected chi connectivity index (χ4v) is 17.0. The van der Waals surface area contributed by atoms with Gasteiger partial charge >= 0.3 is 0 Å². The summed E-state index contributed by atoms with van der Waals surface area (Å²) in [5.41, 5.74) is 24.2. The Bertz CT molecular complexity index is 3440. The molecule has 4 atom stereocenters. The van der Waals surface area contributed by atoms with Crippen LogP contribution < -0.4 is 31.1 Å². The van der Waals surface area contributed by atoms with Gasteiger partial charge in [-0.25, -0.2) is 0 Å². The van der Waals surface area contributed by atoms with E-state index in [1.807, 2.05) is 11.3 Å². The van der Waals surface area contributed by atoms with Crippen molar-refractivity contribution in [1.29, 1.82) is 0 Å². The van der Waals surface area contributed by atoms with E-state index in [-0.39, 0.29) is 44.9 Å². The zero-order valence-corrected chi connectivity index (χ0v) is 46.5. The van der Waals surface area contributed by atoms with Crippen LogP contribution in [-0.4, -0.2) is 17.8 Å². The van der Waals surface area contributed by atoms with Crippen LogP contribution in [0.1, 0.15) is 180 Å². The summed E-state index contributed by atoms with van der Waals surface area (Å²) in [6, 6.07) is 37.6. The Kier molecular flexibility index (Phi) is 9.29. The summed E-state index contributed by atoms with van der Waals surface area (Å²) >= 11 is 2.02. The highest BCUT2D eigenvalue weighted by molar-refractivity contribution is 7.28. The maximum atomic E-state index is 2.99. The van der Waals surface area contributed by atoms with Crippen molar-refractivity contribution >= 4 is 94.4 Å². The average molecular weight is 954 g/mol. The number of fused-ring (bicyclic) bond motifs is 14. The maximum Gasteiger partial charge on any atom is 0.254 e. The molecule has 2 fully saturated rings. The minimum Gasteiger partial charge on any atom is -0.335 e. The minimum atomic E-state index is -0.0983. The Morgan fingerprint density at radius 1 is 0.493 bits per heavy atom. The molecule has 6 aromatic carbocycles. The number of hydrogen-bond acceptors (Lipinski definition) is 4. The number of benzene rings is 6. The number of aryl methyl sites for hydroxylation is 2. The Balaban J connectivity index is 1.20. The molecule has 2 saturated carbocycles. The lowest BCUT2D eigenvalue weighted by molar-refractivity contribution is 0.194. The van der Waals surface area contributed by atoms with Gasteiger partial charge in [-0.3, -0.25) is 0 Å². The van der Waals surface area contributed by atoms with Crippen molar-refractivity contribution in [1.82, 2.24) is 0 Å². The Morgan fingerprint density at radius 3 is 1.72 bits per heavy atom. The highest BCUT2D eigenvalue weighted by Crippen LogP contribution is 2.65. The molecule has 0 bridgehead atoms. The summed E-state index contributed by atoms with van der Waals surface area (Å²) in [6.45, 7) is 37.0. The highest BCUT2D eigenvalue weighted by Gasteiger charge is 2.63. The predicted octanol–water partition coefficient (Wildman–Crippen LogP) is 16.7. The van der Waals surface area contributed by atoms with Gasteiger partial charge in [0.2, 0.25) is 0 Å². The van der Waals surface area contributed by atoms with Crippen LogP contribution in [0, 0.1) is 13.8 Å². The first-order chi connectivity index (χ1) is 33.4. The number of nitrogens with zero attached hydrogens (tertiary/aromatic N) is 3. The van der Waals surface area contributed by atoms with E-state index < -0.39 is 0 Å². The molecule has 3 nitrogen and oxygen atoms in total. The fourth-order valence-electron chi connectivity index (χ4n) is 15.7. The first kappa shape index (κ1) is 45.8. The van der Waals surface area contributed by atoms with Gasteiger partial charge in [-0.2, -0.15) is 0 Å². The zero-order chi connectivity index (χ0) is 49.9. The predicted molar refractivity (Wildman–Crippen MR) is 310 cm³/mol. The molecule has 0 N–H and O–H groups in total. The molecule has 6 aliphatic rings. The molecular weight excluding hydrogens is 878 g/mol. The molecule has 364 valence electrons. The van der Waals surface area contributed by atoms with Gasteiger partial charge in [0.1, 0.15) is 0 Å². The van der Waals surface area contributed by atoms with Crippen LogP contribution in [0.2, 0.25) is 0 Å². The summed E-state index contributed by atoms with van der Waals surface area (Å²) in [4.78, 5) is 8.67. The van der Waals surface area contributed by atoms with Gasteiger partial charge in [0, 0.05) is 59.7 Å². The number of hydrogen-bond donors (Lipinski definition) is 0. The molecule has 71 heavy (non-hydrogen) atoms. The molecule has 0 radical (unpaired) electrons. The Hall–Kier alpha value is -5.00. The maximum absolute atomic E-state index is 2.99. The lowest BCUT2D eigenvalue weighted by Crippen LogP contribution is -2.64. The third-order valence-corrected chi connectivity index (χ3v) is 21.4. The molecular formula is C66H76BN3S. The van der Waals surface area contributed by atoms with Crippen LogP contribution in [0.15, 0.2) is 91.0 Å². The van der Waals surface area contributed by atoms with E-state index in [1.54, 1.807) is 11.1 Å². The summed E-state index contributed by atoms with van der Waals surface area (Å²) in [7, 11) is 0. The molecule has 0 saturated heterocycles. The third-order valence-electron chi connectivity index (χ3n) is 20.2. The van der Waals surface area contributed by atoms with Crippen LogP contribution in [0.5, 0.6) is 0 Å². The number of anilines is 7. The topological polar surface area (TPSA) is 9.72 Å². The van der Waals surface area contributed by atoms with Crippen LogP contribution in [0.25, 0.3) is 20.2 Å². The lowest BCUT2D eigenvalue weighted by Gasteiger charge is -2.54. The second-order valence-electron chi connectivity index (χ2n) is 27.3. The van der Waals surface area contributed by atoms with E-state index >= 15 is 0 Å². The van der Waals surface area contributed by atoms with Crippen molar-refractivity contribution in [2.45, 2.75) is 193 Å². The van der Waals surface area contributed by atoms with Crippen LogP contribution in [0.3, 0.4) is 0 Å². The van der Waals surface area contributed by atoms with Gasteiger partial charge in [0.25, 0.3) is 6.71 Å². The van der Waals surface area contributed by atoms with Gasteiger partial charge in [-0.1, -0.05) is 163 Å². The van der Waals surface area contributed by atoms with Gasteiger partial charge in [-0.05, 0) is 161 Å². The van der Waals surface area contributed by atoms with Gasteiger partial charge < -0.3 is 14.7 Å². The standard InChI is InChI=1S/C66H76BN3S/c1-39-32-42(61(6,7)8)33-40(2)57(39)68-51-27-25-46-45-22-16-17-23-54(45)71-59(46)56(51)67-49-36-43(62(9,10)11)35-48-58(49)70(66(15)31-21-19-29-64(48,66)13)53-38-44(37-52(68)55(53)67)69-50-26-24-41(60(3,4)5)34-47(50)63(12)28-18-20-30-65(63,69)14/h16-17,22-27,32-38H,18-21,28-31H2,1-15H3. The number of thiophene rings is 1. The van der Waals surface area contributed by atoms with Crippen LogP contribution in [0.4, 0.5) is 39.8 Å². The van der Waals surface area contributed by atoms with Gasteiger partial charge in [0.15, 0.2) is 0 Å². The van der Waals surface area contributed by atoms with Crippen molar-refractivity contribution in [2.75, 3.05) is 14.7 Å². The monoisotopic (exact) mass is 954 g/mol. The third kappa shape index (κ3) is 5.85. The Morgan fingerprint density at radius 2 is 1.06 bits per heavy atom. The molecule has 4 unspecified atom stereocenters. The molecule has 0 spiro atoms. The van der Waals surface area contributed by atoms with E-state index in [2.05, 4.69) is 210 Å². The lowest BCUT2D eigenvalue weighted by atomic mass is 9.33. The van der Waals surface area contributed by atoms with Crippen LogP contribution in [-0.2, 0) is 27.1 Å². The van der Waals surface area contributed by atoms with Crippen molar-refractivity contribution in [3.8, 4) is 0 Å². The van der Waals surface area contributed by atoms with Crippen molar-refractivity contribution in [2.24, 2.45) is 0 Å². The van der Waals surface area contributed by atoms with Gasteiger partial charge in [-0.15, -0.1) is 11.3 Å². The van der Waals surface area contributed by atoms with Crippen molar-refractivity contribution in [3.63, 3.8) is 0 Å². The molecule has 5 heteroatoms. The molecule has 1 aromatic heterocycles. The van der Waals surface area contributed by atoms with Crippen molar-refractivity contribution in [3.05, 3.63) is 130 Å². The van der Waals surface area contributed by atoms with Crippen LogP contribution >= 0.6 is 11.3 Å². The number of rotatable bonds is 2. The highest BCUT2D eigenvalue weighted by atomic mass is 32.1. The smallest absolute Gasteiger partial charge is 0.254 e. The summed E-state index contributed by atoms with van der Waals surface area (Å²) in [6.07, 6.45) is 9.82. The Labute approximate surface area is 430 Å². The SMILES string of the molecule is Cc1cc(C(C)(C)C)cc(C)c1N1c2cc(N3c4ccc(C(C)(C)C)cc4C4(C)CCCCC34C)cc3c2B(c2cc(C(C)(C)C)cc4c2N3C2(C)CCCCC42C)c2c1ccc1c2sc2ccccc21. The molecule has 0 amide bonds. The van der Waals surface area contributed by atoms with E-state index in [1.165, 1.54) is 156 Å². The molecule has 13 rings (SSSR count). The quantitative estimate of drug-likeness (QED) is 0.160. The van der Waals surface area contributed by atoms with E-state index in [4.69, 9.17) is 0 Å². The molecule has 2 aliphatic carbocycles. The largest absolute Gasteiger partial charge is 0.335 e. The first-order valence-electron chi connectivity index (χ1n) is 27.4. The second kappa shape index (κ2) is 14.4. The fraction of sp³-hybridized carbons (Fsp3) is 0.455. The van der Waals surface area contributed by atoms with E-state index in [0.29, 0.717) is 0 Å². The van der Waals surface area contributed by atoms with E-state index in [9.17, 15) is 0 Å². The van der Waals surface area contributed by atoms with Crippen molar-refractivity contribution < 1.29 is 0 Å². The van der Waals surface area contributed by atoms with E-state index in [0.717, 1.165) is 0 Å². The summed E-state index contributed by atoms with van der Waals surface area (Å²) in [5, 5.41) is 2.75. The minimum absolute atomic E-state index is 0.00734. The normalized spacial score (nSPS) is 25.3. The average Bonchev–Trinajstić information content (AvgIpc) is 3.86. The zero-order valence-electron chi connectivity index (χ0n) is 45.6. The molecule has 7 aromatic rings. The second-order valence-corrected chi connectivity index (χ2v) is 28.4. The molecule has 4 aliphatic heterocycles. The summed E-state index contributed by atoms with van der Waals surface area (Å²) < 4.78 is 2.81. The summed E-state index contributed by atoms with van der Waals surface area (Å²) in [5.74, 6) is 0. The molecule has 5 heterocycles. The first-order valence-corrected chi connectivity index (χ1v) is 28.2. The van der Waals surface area contributed by atoms with Gasteiger partial charge in [0.05, 0.1) is 16.8 Å².